The smallest absolute Gasteiger partial charge is 0.123 e. The third-order valence-electron chi connectivity index (χ3n) is 3.07. The van der Waals surface area contributed by atoms with E-state index in [1.54, 1.807) is 6.07 Å². The fourth-order valence-electron chi connectivity index (χ4n) is 1.83. The van der Waals surface area contributed by atoms with Crippen LogP contribution in [0, 0.1) is 19.7 Å². The van der Waals surface area contributed by atoms with Gasteiger partial charge in [0.2, 0.25) is 0 Å². The Bertz CT molecular complexity index is 564. The van der Waals surface area contributed by atoms with E-state index < -0.39 is 0 Å². The average molecular weight is 244 g/mol. The normalized spacial score (nSPS) is 10.4. The summed E-state index contributed by atoms with van der Waals surface area (Å²) in [6.45, 7) is 4.45. The number of benzene rings is 2. The zero-order valence-corrected chi connectivity index (χ0v) is 10.6. The third-order valence-corrected chi connectivity index (χ3v) is 3.07. The molecule has 0 spiro atoms. The molecule has 3 N–H and O–H groups in total. The van der Waals surface area contributed by atoms with Gasteiger partial charge in [-0.3, -0.25) is 0 Å². The number of halogens is 1. The zero-order valence-electron chi connectivity index (χ0n) is 10.6. The molecule has 0 saturated carbocycles. The molecule has 0 aliphatic heterocycles. The van der Waals surface area contributed by atoms with Crippen molar-refractivity contribution in [1.29, 1.82) is 0 Å². The predicted molar refractivity (Wildman–Crippen MR) is 73.5 cm³/mol. The maximum Gasteiger partial charge on any atom is 0.123 e. The minimum Gasteiger partial charge on any atom is -0.355 e. The van der Waals surface area contributed by atoms with E-state index in [2.05, 4.69) is 31.3 Å². The maximum absolute atomic E-state index is 13.1. The van der Waals surface area contributed by atoms with Crippen LogP contribution in [0.5, 0.6) is 0 Å². The quantitative estimate of drug-likeness (QED) is 0.865. The van der Waals surface area contributed by atoms with E-state index in [0.717, 1.165) is 16.9 Å². The maximum atomic E-state index is 13.1. The van der Waals surface area contributed by atoms with Crippen LogP contribution in [-0.4, -0.2) is 0 Å². The summed E-state index contributed by atoms with van der Waals surface area (Å²) in [4.78, 5) is 0. The van der Waals surface area contributed by atoms with Gasteiger partial charge in [0.1, 0.15) is 5.82 Å². The molecule has 0 aliphatic rings. The van der Waals surface area contributed by atoms with Crippen LogP contribution >= 0.6 is 0 Å². The number of hydrogen-bond acceptors (Lipinski definition) is 2. The van der Waals surface area contributed by atoms with Crippen molar-refractivity contribution in [2.45, 2.75) is 20.4 Å². The molecule has 0 bridgehead atoms. The van der Waals surface area contributed by atoms with Crippen molar-refractivity contribution in [2.75, 3.05) is 5.32 Å². The lowest BCUT2D eigenvalue weighted by atomic mass is 10.1. The van der Waals surface area contributed by atoms with Gasteiger partial charge in [-0.15, -0.1) is 0 Å². The Hall–Kier alpha value is -1.87. The minimum absolute atomic E-state index is 0.263. The summed E-state index contributed by atoms with van der Waals surface area (Å²) in [5, 5.41) is 3.27. The number of nitrogens with one attached hydrogen (secondary N) is 1. The van der Waals surface area contributed by atoms with Crippen molar-refractivity contribution in [3.05, 3.63) is 58.9 Å². The Morgan fingerprint density at radius 3 is 2.50 bits per heavy atom. The number of aryl methyl sites for hydroxylation is 2. The molecule has 0 unspecified atom stereocenters. The molecule has 0 aromatic heterocycles. The van der Waals surface area contributed by atoms with E-state index in [9.17, 15) is 4.39 Å². The molecule has 2 rings (SSSR count). The summed E-state index contributed by atoms with van der Waals surface area (Å²) in [7, 11) is 0. The van der Waals surface area contributed by atoms with Gasteiger partial charge in [0.25, 0.3) is 0 Å². The molecule has 94 valence electrons. The summed E-state index contributed by atoms with van der Waals surface area (Å²) in [5.74, 6) is -0.263. The van der Waals surface area contributed by atoms with Crippen molar-refractivity contribution in [3.8, 4) is 0 Å². The van der Waals surface area contributed by atoms with Crippen LogP contribution < -0.4 is 11.1 Å². The van der Waals surface area contributed by atoms with Gasteiger partial charge in [-0.1, -0.05) is 6.07 Å². The van der Waals surface area contributed by atoms with E-state index in [4.69, 9.17) is 5.73 Å². The van der Waals surface area contributed by atoms with Gasteiger partial charge in [-0.05, 0) is 60.9 Å². The Morgan fingerprint density at radius 2 is 1.83 bits per heavy atom. The number of rotatable bonds is 3. The SMILES string of the molecule is Cc1ccc(Nc2ccc(F)cc2CN)cc1C. The minimum atomic E-state index is -0.263. The van der Waals surface area contributed by atoms with Crippen molar-refractivity contribution in [2.24, 2.45) is 5.73 Å². The molecular formula is C15H17FN2. The summed E-state index contributed by atoms with van der Waals surface area (Å²) in [6.07, 6.45) is 0. The fourth-order valence-corrected chi connectivity index (χ4v) is 1.83. The lowest BCUT2D eigenvalue weighted by molar-refractivity contribution is 0.626. The molecule has 0 amide bonds. The first-order valence-corrected chi connectivity index (χ1v) is 5.93. The number of anilines is 2. The van der Waals surface area contributed by atoms with Gasteiger partial charge < -0.3 is 11.1 Å². The van der Waals surface area contributed by atoms with E-state index in [1.165, 1.54) is 23.3 Å². The first-order valence-electron chi connectivity index (χ1n) is 5.93. The van der Waals surface area contributed by atoms with E-state index in [0.29, 0.717) is 6.54 Å². The van der Waals surface area contributed by atoms with Gasteiger partial charge in [0.15, 0.2) is 0 Å². The Balaban J connectivity index is 2.30. The Kier molecular flexibility index (Phi) is 3.63. The first kappa shape index (κ1) is 12.6. The monoisotopic (exact) mass is 244 g/mol. The van der Waals surface area contributed by atoms with Crippen molar-refractivity contribution < 1.29 is 4.39 Å². The highest BCUT2D eigenvalue weighted by Crippen LogP contribution is 2.23. The highest BCUT2D eigenvalue weighted by Gasteiger charge is 2.04. The molecular weight excluding hydrogens is 227 g/mol. The summed E-state index contributed by atoms with van der Waals surface area (Å²) >= 11 is 0. The molecule has 0 aliphatic carbocycles. The average Bonchev–Trinajstić information content (AvgIpc) is 2.36. The summed E-state index contributed by atoms with van der Waals surface area (Å²) in [5.41, 5.74) is 10.7. The van der Waals surface area contributed by atoms with E-state index in [-0.39, 0.29) is 5.82 Å². The van der Waals surface area contributed by atoms with E-state index in [1.807, 2.05) is 6.07 Å². The van der Waals surface area contributed by atoms with Crippen LogP contribution in [0.4, 0.5) is 15.8 Å². The zero-order chi connectivity index (χ0) is 13.1. The van der Waals surface area contributed by atoms with Crippen molar-refractivity contribution in [1.82, 2.24) is 0 Å². The molecule has 0 heterocycles. The molecule has 2 nitrogen and oxygen atoms in total. The number of nitrogens with two attached hydrogens (primary N) is 1. The largest absolute Gasteiger partial charge is 0.355 e. The standard InChI is InChI=1S/C15H17FN2/c1-10-3-5-14(7-11(10)2)18-15-6-4-13(16)8-12(15)9-17/h3-8,18H,9,17H2,1-2H3. The predicted octanol–water partition coefficient (Wildman–Crippen LogP) is 3.64. The van der Waals surface area contributed by atoms with Gasteiger partial charge >= 0.3 is 0 Å². The molecule has 18 heavy (non-hydrogen) atoms. The lowest BCUT2D eigenvalue weighted by Crippen LogP contribution is -2.02. The van der Waals surface area contributed by atoms with Crippen LogP contribution in [0.3, 0.4) is 0 Å². The highest BCUT2D eigenvalue weighted by molar-refractivity contribution is 5.64. The first-order chi connectivity index (χ1) is 8.60. The third kappa shape index (κ3) is 2.68. The van der Waals surface area contributed by atoms with Crippen molar-refractivity contribution >= 4 is 11.4 Å². The fraction of sp³-hybridized carbons (Fsp3) is 0.200. The van der Waals surface area contributed by atoms with E-state index >= 15 is 0 Å². The van der Waals surface area contributed by atoms with Gasteiger partial charge in [-0.25, -0.2) is 4.39 Å². The highest BCUT2D eigenvalue weighted by atomic mass is 19.1. The van der Waals surface area contributed by atoms with Crippen LogP contribution in [0.2, 0.25) is 0 Å². The second-order valence-corrected chi connectivity index (χ2v) is 4.43. The molecule has 0 saturated heterocycles. The number of hydrogen-bond donors (Lipinski definition) is 2. The molecule has 3 heteroatoms. The topological polar surface area (TPSA) is 38.0 Å². The molecule has 2 aromatic carbocycles. The van der Waals surface area contributed by atoms with Gasteiger partial charge in [0.05, 0.1) is 0 Å². The summed E-state index contributed by atoms with van der Waals surface area (Å²) < 4.78 is 13.1. The molecule has 0 atom stereocenters. The lowest BCUT2D eigenvalue weighted by Gasteiger charge is -2.12. The van der Waals surface area contributed by atoms with Crippen molar-refractivity contribution in [3.63, 3.8) is 0 Å². The van der Waals surface area contributed by atoms with Crippen LogP contribution in [0.15, 0.2) is 36.4 Å². The Labute approximate surface area is 107 Å². The second-order valence-electron chi connectivity index (χ2n) is 4.43. The molecule has 0 radical (unpaired) electrons. The van der Waals surface area contributed by atoms with Crippen LogP contribution in [0.1, 0.15) is 16.7 Å². The second kappa shape index (κ2) is 5.19. The Morgan fingerprint density at radius 1 is 1.06 bits per heavy atom. The molecule has 2 aromatic rings. The summed E-state index contributed by atoms with van der Waals surface area (Å²) in [6, 6.07) is 10.7. The van der Waals surface area contributed by atoms with Crippen LogP contribution in [0.25, 0.3) is 0 Å². The van der Waals surface area contributed by atoms with Gasteiger partial charge in [-0.2, -0.15) is 0 Å². The molecule has 0 fully saturated rings. The van der Waals surface area contributed by atoms with Crippen LogP contribution in [-0.2, 0) is 6.54 Å². The van der Waals surface area contributed by atoms with Gasteiger partial charge in [0, 0.05) is 17.9 Å².